The SMILES string of the molecule is CCN(Cc1cccc2c1OCCO2)C(=O)C1=NCC(=O)N(c2ccc(C)cc2)N1. The van der Waals surface area contributed by atoms with Gasteiger partial charge >= 0.3 is 0 Å². The van der Waals surface area contributed by atoms with Crippen LogP contribution in [-0.2, 0) is 16.1 Å². The van der Waals surface area contributed by atoms with Crippen molar-refractivity contribution in [2.75, 3.05) is 31.3 Å². The van der Waals surface area contributed by atoms with E-state index in [1.807, 2.05) is 56.3 Å². The van der Waals surface area contributed by atoms with E-state index in [-0.39, 0.29) is 24.2 Å². The van der Waals surface area contributed by atoms with Crippen molar-refractivity contribution in [1.29, 1.82) is 0 Å². The quantitative estimate of drug-likeness (QED) is 0.819. The Kier molecular flexibility index (Phi) is 5.56. The second kappa shape index (κ2) is 8.44. The van der Waals surface area contributed by atoms with Gasteiger partial charge in [-0.05, 0) is 32.0 Å². The molecule has 30 heavy (non-hydrogen) atoms. The molecule has 2 aromatic carbocycles. The first-order valence-electron chi connectivity index (χ1n) is 9.94. The number of benzene rings is 2. The highest BCUT2D eigenvalue weighted by molar-refractivity contribution is 6.39. The number of hydrogen-bond donors (Lipinski definition) is 1. The fourth-order valence-corrected chi connectivity index (χ4v) is 3.38. The van der Waals surface area contributed by atoms with Gasteiger partial charge in [-0.3, -0.25) is 20.0 Å². The number of aryl methyl sites for hydroxylation is 1. The molecule has 0 saturated carbocycles. The number of hydrazine groups is 1. The highest BCUT2D eigenvalue weighted by Crippen LogP contribution is 2.34. The lowest BCUT2D eigenvalue weighted by Gasteiger charge is -2.30. The number of carbonyl (C=O) groups excluding carboxylic acids is 2. The van der Waals surface area contributed by atoms with Crippen LogP contribution >= 0.6 is 0 Å². The molecular formula is C22H24N4O4. The summed E-state index contributed by atoms with van der Waals surface area (Å²) in [6.07, 6.45) is 0. The summed E-state index contributed by atoms with van der Waals surface area (Å²) in [7, 11) is 0. The van der Waals surface area contributed by atoms with Crippen LogP contribution < -0.4 is 19.9 Å². The van der Waals surface area contributed by atoms with Crippen LogP contribution in [0.25, 0.3) is 0 Å². The van der Waals surface area contributed by atoms with E-state index >= 15 is 0 Å². The number of nitrogens with zero attached hydrogens (tertiary/aromatic N) is 3. The first kappa shape index (κ1) is 19.8. The summed E-state index contributed by atoms with van der Waals surface area (Å²) in [6.45, 7) is 5.60. The molecular weight excluding hydrogens is 384 g/mol. The van der Waals surface area contributed by atoms with E-state index in [4.69, 9.17) is 9.47 Å². The van der Waals surface area contributed by atoms with Gasteiger partial charge in [0.1, 0.15) is 19.8 Å². The van der Waals surface area contributed by atoms with E-state index < -0.39 is 0 Å². The second-order valence-corrected chi connectivity index (χ2v) is 7.10. The summed E-state index contributed by atoms with van der Waals surface area (Å²) < 4.78 is 11.4. The monoisotopic (exact) mass is 408 g/mol. The van der Waals surface area contributed by atoms with Crippen molar-refractivity contribution < 1.29 is 19.1 Å². The van der Waals surface area contributed by atoms with Crippen LogP contribution in [0.2, 0.25) is 0 Å². The van der Waals surface area contributed by atoms with E-state index in [1.54, 1.807) is 4.90 Å². The fraction of sp³-hybridized carbons (Fsp3) is 0.318. The number of para-hydroxylation sites is 1. The van der Waals surface area contributed by atoms with Gasteiger partial charge < -0.3 is 14.4 Å². The van der Waals surface area contributed by atoms with Gasteiger partial charge in [0.2, 0.25) is 5.84 Å². The van der Waals surface area contributed by atoms with Gasteiger partial charge in [-0.1, -0.05) is 29.8 Å². The zero-order chi connectivity index (χ0) is 21.1. The van der Waals surface area contributed by atoms with Crippen LogP contribution in [-0.4, -0.2) is 48.9 Å². The average Bonchev–Trinajstić information content (AvgIpc) is 2.78. The van der Waals surface area contributed by atoms with Gasteiger partial charge in [0.05, 0.1) is 5.69 Å². The average molecular weight is 408 g/mol. The van der Waals surface area contributed by atoms with Crippen molar-refractivity contribution in [2.45, 2.75) is 20.4 Å². The molecule has 0 atom stereocenters. The number of carbonyl (C=O) groups is 2. The maximum Gasteiger partial charge on any atom is 0.291 e. The first-order chi connectivity index (χ1) is 14.6. The van der Waals surface area contributed by atoms with Crippen LogP contribution in [0.3, 0.4) is 0 Å². The predicted molar refractivity (Wildman–Crippen MR) is 113 cm³/mol. The molecule has 156 valence electrons. The molecule has 0 saturated heterocycles. The lowest BCUT2D eigenvalue weighted by Crippen LogP contribution is -2.56. The summed E-state index contributed by atoms with van der Waals surface area (Å²) >= 11 is 0. The molecule has 8 nitrogen and oxygen atoms in total. The van der Waals surface area contributed by atoms with Crippen molar-refractivity contribution in [3.63, 3.8) is 0 Å². The number of amidine groups is 1. The fourth-order valence-electron chi connectivity index (χ4n) is 3.38. The number of fused-ring (bicyclic) bond motifs is 1. The number of likely N-dealkylation sites (N-methyl/N-ethyl adjacent to an activating group) is 1. The lowest BCUT2D eigenvalue weighted by molar-refractivity contribution is -0.125. The largest absolute Gasteiger partial charge is 0.486 e. The number of nitrogens with one attached hydrogen (secondary N) is 1. The second-order valence-electron chi connectivity index (χ2n) is 7.10. The van der Waals surface area contributed by atoms with E-state index in [1.165, 1.54) is 5.01 Å². The van der Waals surface area contributed by atoms with Crippen LogP contribution in [0, 0.1) is 6.92 Å². The van der Waals surface area contributed by atoms with Gasteiger partial charge in [0.25, 0.3) is 11.8 Å². The smallest absolute Gasteiger partial charge is 0.291 e. The van der Waals surface area contributed by atoms with Gasteiger partial charge in [0.15, 0.2) is 11.5 Å². The Hall–Kier alpha value is -3.55. The molecule has 4 rings (SSSR count). The molecule has 2 aliphatic heterocycles. The zero-order valence-corrected chi connectivity index (χ0v) is 17.1. The minimum absolute atomic E-state index is 0.0861. The molecule has 0 bridgehead atoms. The molecule has 2 aliphatic rings. The zero-order valence-electron chi connectivity index (χ0n) is 17.1. The Morgan fingerprint density at radius 1 is 1.17 bits per heavy atom. The molecule has 0 spiro atoms. The molecule has 0 unspecified atom stereocenters. The molecule has 0 fully saturated rings. The normalized spacial score (nSPS) is 15.3. The Bertz CT molecular complexity index is 987. The Balaban J connectivity index is 1.52. The van der Waals surface area contributed by atoms with Crippen LogP contribution in [0.15, 0.2) is 47.5 Å². The summed E-state index contributed by atoms with van der Waals surface area (Å²) in [5.41, 5.74) is 5.50. The van der Waals surface area contributed by atoms with Crippen molar-refractivity contribution >= 4 is 23.3 Å². The molecule has 0 aliphatic carbocycles. The van der Waals surface area contributed by atoms with E-state index in [9.17, 15) is 9.59 Å². The van der Waals surface area contributed by atoms with Crippen LogP contribution in [0.4, 0.5) is 5.69 Å². The predicted octanol–water partition coefficient (Wildman–Crippen LogP) is 2.06. The van der Waals surface area contributed by atoms with Crippen molar-refractivity contribution in [3.8, 4) is 11.5 Å². The Morgan fingerprint density at radius 3 is 2.70 bits per heavy atom. The lowest BCUT2D eigenvalue weighted by atomic mass is 10.1. The van der Waals surface area contributed by atoms with Crippen LogP contribution in [0.1, 0.15) is 18.1 Å². The van der Waals surface area contributed by atoms with Gasteiger partial charge in [-0.25, -0.2) is 5.01 Å². The number of amides is 2. The minimum Gasteiger partial charge on any atom is -0.486 e. The molecule has 2 amide bonds. The number of anilines is 1. The van der Waals surface area contributed by atoms with Gasteiger partial charge in [-0.2, -0.15) is 0 Å². The molecule has 2 aromatic rings. The third-order valence-electron chi connectivity index (χ3n) is 5.01. The van der Waals surface area contributed by atoms with E-state index in [2.05, 4.69) is 10.4 Å². The van der Waals surface area contributed by atoms with Crippen molar-refractivity contribution in [1.82, 2.24) is 10.3 Å². The third kappa shape index (κ3) is 3.94. The Labute approximate surface area is 175 Å². The Morgan fingerprint density at radius 2 is 1.93 bits per heavy atom. The van der Waals surface area contributed by atoms with Gasteiger partial charge in [-0.15, -0.1) is 0 Å². The summed E-state index contributed by atoms with van der Waals surface area (Å²) in [4.78, 5) is 31.3. The molecule has 0 aromatic heterocycles. The molecule has 0 radical (unpaired) electrons. The molecule has 2 heterocycles. The summed E-state index contributed by atoms with van der Waals surface area (Å²) in [5, 5.41) is 1.37. The van der Waals surface area contributed by atoms with Crippen molar-refractivity contribution in [2.24, 2.45) is 4.99 Å². The van der Waals surface area contributed by atoms with Crippen molar-refractivity contribution in [3.05, 3.63) is 53.6 Å². The summed E-state index contributed by atoms with van der Waals surface area (Å²) in [5.74, 6) is 0.994. The van der Waals surface area contributed by atoms with Gasteiger partial charge in [0, 0.05) is 18.7 Å². The summed E-state index contributed by atoms with van der Waals surface area (Å²) in [6, 6.07) is 13.1. The first-order valence-corrected chi connectivity index (χ1v) is 9.94. The number of rotatable bonds is 5. The van der Waals surface area contributed by atoms with E-state index in [0.29, 0.717) is 43.5 Å². The number of ether oxygens (including phenoxy) is 2. The van der Waals surface area contributed by atoms with E-state index in [0.717, 1.165) is 11.1 Å². The number of hydrogen-bond acceptors (Lipinski definition) is 6. The maximum absolute atomic E-state index is 13.2. The number of aliphatic imine (C=N–C) groups is 1. The highest BCUT2D eigenvalue weighted by atomic mass is 16.6. The molecule has 1 N–H and O–H groups in total. The highest BCUT2D eigenvalue weighted by Gasteiger charge is 2.29. The standard InChI is InChI=1S/C22H24N4O4/c1-3-25(14-16-5-4-6-18-20(16)30-12-11-29-18)22(28)21-23-13-19(27)26(24-21)17-9-7-15(2)8-10-17/h4-10H,3,11-14H2,1-2H3,(H,23,24). The minimum atomic E-state index is -0.281. The topological polar surface area (TPSA) is 83.5 Å². The maximum atomic E-state index is 13.2. The molecule has 8 heteroatoms. The third-order valence-corrected chi connectivity index (χ3v) is 5.01. The van der Waals surface area contributed by atoms with Crippen LogP contribution in [0.5, 0.6) is 11.5 Å².